The molecule has 0 fully saturated rings. The summed E-state index contributed by atoms with van der Waals surface area (Å²) >= 11 is 0. The lowest BCUT2D eigenvalue weighted by molar-refractivity contribution is -0.148. The second-order valence-corrected chi connectivity index (χ2v) is 6.93. The van der Waals surface area contributed by atoms with E-state index in [1.807, 2.05) is 73.7 Å². The van der Waals surface area contributed by atoms with Gasteiger partial charge in [-0.1, -0.05) is 60.2 Å². The SMILES string of the molecule is CC(=O)NC(CC(=O)OC(c1ccccc1)c1ccncc1)c1ccc(C)cc1. The molecule has 0 radical (unpaired) electrons. The van der Waals surface area contributed by atoms with Gasteiger partial charge in [-0.25, -0.2) is 0 Å². The van der Waals surface area contributed by atoms with Gasteiger partial charge >= 0.3 is 5.97 Å². The summed E-state index contributed by atoms with van der Waals surface area (Å²) in [7, 11) is 0. The highest BCUT2D eigenvalue weighted by Gasteiger charge is 2.23. The van der Waals surface area contributed by atoms with E-state index < -0.39 is 18.1 Å². The zero-order valence-corrected chi connectivity index (χ0v) is 16.5. The molecule has 29 heavy (non-hydrogen) atoms. The van der Waals surface area contributed by atoms with E-state index in [0.29, 0.717) is 0 Å². The van der Waals surface area contributed by atoms with Gasteiger partial charge in [0.2, 0.25) is 5.91 Å². The number of amides is 1. The molecule has 2 unspecified atom stereocenters. The summed E-state index contributed by atoms with van der Waals surface area (Å²) in [6, 6.07) is 20.5. The molecule has 0 aliphatic heterocycles. The fraction of sp³-hybridized carbons (Fsp3) is 0.208. The Hall–Kier alpha value is -3.47. The average Bonchev–Trinajstić information content (AvgIpc) is 2.73. The minimum atomic E-state index is -0.539. The lowest BCUT2D eigenvalue weighted by Gasteiger charge is -2.22. The number of carbonyl (C=O) groups is 2. The molecule has 2 aromatic carbocycles. The van der Waals surface area contributed by atoms with Crippen LogP contribution in [0.4, 0.5) is 0 Å². The van der Waals surface area contributed by atoms with Gasteiger partial charge in [0.05, 0.1) is 12.5 Å². The van der Waals surface area contributed by atoms with E-state index in [9.17, 15) is 9.59 Å². The van der Waals surface area contributed by atoms with Gasteiger partial charge in [-0.2, -0.15) is 0 Å². The first-order valence-electron chi connectivity index (χ1n) is 9.51. The van der Waals surface area contributed by atoms with E-state index in [2.05, 4.69) is 10.3 Å². The van der Waals surface area contributed by atoms with Crippen LogP contribution in [0.25, 0.3) is 0 Å². The van der Waals surface area contributed by atoms with Crippen LogP contribution in [-0.4, -0.2) is 16.9 Å². The van der Waals surface area contributed by atoms with Crippen LogP contribution in [0.1, 0.15) is 47.7 Å². The number of nitrogens with one attached hydrogen (secondary N) is 1. The summed E-state index contributed by atoms with van der Waals surface area (Å²) in [6.45, 7) is 3.43. The van der Waals surface area contributed by atoms with Crippen LogP contribution in [0.15, 0.2) is 79.1 Å². The van der Waals surface area contributed by atoms with Gasteiger partial charge in [0.25, 0.3) is 0 Å². The number of aryl methyl sites for hydroxylation is 1. The molecule has 5 nitrogen and oxygen atoms in total. The Balaban J connectivity index is 1.80. The smallest absolute Gasteiger partial charge is 0.309 e. The molecule has 2 atom stereocenters. The number of rotatable bonds is 7. The van der Waals surface area contributed by atoms with Crippen molar-refractivity contribution in [1.29, 1.82) is 0 Å². The molecule has 5 heteroatoms. The topological polar surface area (TPSA) is 68.3 Å². The van der Waals surface area contributed by atoms with E-state index in [1.54, 1.807) is 12.4 Å². The standard InChI is InChI=1S/C24H24N2O3/c1-17-8-10-19(11-9-17)22(26-18(2)27)16-23(28)29-24(20-6-4-3-5-7-20)21-12-14-25-15-13-21/h3-15,22,24H,16H2,1-2H3,(H,26,27). The number of aromatic nitrogens is 1. The molecule has 0 spiro atoms. The maximum absolute atomic E-state index is 12.8. The Kier molecular flexibility index (Phi) is 6.74. The van der Waals surface area contributed by atoms with Crippen LogP contribution in [0.2, 0.25) is 0 Å². The molecule has 0 saturated heterocycles. The average molecular weight is 388 g/mol. The molecule has 0 aliphatic rings. The van der Waals surface area contributed by atoms with Crippen molar-refractivity contribution in [2.24, 2.45) is 0 Å². The van der Waals surface area contributed by atoms with Crippen LogP contribution < -0.4 is 5.32 Å². The van der Waals surface area contributed by atoms with E-state index in [-0.39, 0.29) is 12.3 Å². The van der Waals surface area contributed by atoms with Crippen molar-refractivity contribution in [2.45, 2.75) is 32.4 Å². The molecule has 0 aliphatic carbocycles. The third-order valence-electron chi connectivity index (χ3n) is 4.59. The van der Waals surface area contributed by atoms with Gasteiger partial charge in [-0.05, 0) is 30.2 Å². The molecule has 0 bridgehead atoms. The summed E-state index contributed by atoms with van der Waals surface area (Å²) in [4.78, 5) is 28.6. The molecule has 3 aromatic rings. The fourth-order valence-corrected chi connectivity index (χ4v) is 3.14. The molecule has 1 heterocycles. The third-order valence-corrected chi connectivity index (χ3v) is 4.59. The minimum Gasteiger partial charge on any atom is -0.452 e. The van der Waals surface area contributed by atoms with Gasteiger partial charge in [0, 0.05) is 24.9 Å². The van der Waals surface area contributed by atoms with E-state index in [4.69, 9.17) is 4.74 Å². The zero-order chi connectivity index (χ0) is 20.6. The maximum atomic E-state index is 12.8. The Morgan fingerprint density at radius 3 is 2.14 bits per heavy atom. The first kappa shape index (κ1) is 20.3. The Morgan fingerprint density at radius 1 is 0.897 bits per heavy atom. The van der Waals surface area contributed by atoms with Gasteiger partial charge in [-0.15, -0.1) is 0 Å². The van der Waals surface area contributed by atoms with Crippen molar-refractivity contribution in [3.63, 3.8) is 0 Å². The fourth-order valence-electron chi connectivity index (χ4n) is 3.14. The molecule has 148 valence electrons. The highest BCUT2D eigenvalue weighted by Crippen LogP contribution is 2.27. The van der Waals surface area contributed by atoms with Gasteiger partial charge in [0.1, 0.15) is 0 Å². The van der Waals surface area contributed by atoms with Crippen LogP contribution in [0.5, 0.6) is 0 Å². The molecular weight excluding hydrogens is 364 g/mol. The van der Waals surface area contributed by atoms with Gasteiger partial charge in [-0.3, -0.25) is 14.6 Å². The van der Waals surface area contributed by atoms with Crippen molar-refractivity contribution < 1.29 is 14.3 Å². The minimum absolute atomic E-state index is 0.0387. The number of nitrogens with zero attached hydrogens (tertiary/aromatic N) is 1. The van der Waals surface area contributed by atoms with Crippen LogP contribution in [0, 0.1) is 6.92 Å². The van der Waals surface area contributed by atoms with Gasteiger partial charge < -0.3 is 10.1 Å². The lowest BCUT2D eigenvalue weighted by Crippen LogP contribution is -2.29. The van der Waals surface area contributed by atoms with Crippen molar-refractivity contribution in [2.75, 3.05) is 0 Å². The quantitative estimate of drug-likeness (QED) is 0.613. The monoisotopic (exact) mass is 388 g/mol. The molecule has 0 saturated carbocycles. The number of hydrogen-bond acceptors (Lipinski definition) is 4. The van der Waals surface area contributed by atoms with Gasteiger partial charge in [0.15, 0.2) is 6.10 Å². The third kappa shape index (κ3) is 5.75. The number of hydrogen-bond donors (Lipinski definition) is 1. The van der Waals surface area contributed by atoms with E-state index in [1.165, 1.54) is 6.92 Å². The van der Waals surface area contributed by atoms with E-state index >= 15 is 0 Å². The Labute approximate surface area is 170 Å². The molecule has 1 N–H and O–H groups in total. The summed E-state index contributed by atoms with van der Waals surface area (Å²) < 4.78 is 5.86. The highest BCUT2D eigenvalue weighted by molar-refractivity contribution is 5.76. The summed E-state index contributed by atoms with van der Waals surface area (Å²) in [6.07, 6.45) is 2.84. The maximum Gasteiger partial charge on any atom is 0.309 e. The zero-order valence-electron chi connectivity index (χ0n) is 16.5. The summed E-state index contributed by atoms with van der Waals surface area (Å²) in [5.41, 5.74) is 3.69. The highest BCUT2D eigenvalue weighted by atomic mass is 16.5. The van der Waals surface area contributed by atoms with Crippen molar-refractivity contribution in [3.05, 3.63) is 101 Å². The van der Waals surface area contributed by atoms with Crippen LogP contribution in [0.3, 0.4) is 0 Å². The number of ether oxygens (including phenoxy) is 1. The lowest BCUT2D eigenvalue weighted by atomic mass is 10.0. The first-order chi connectivity index (χ1) is 14.0. The summed E-state index contributed by atoms with van der Waals surface area (Å²) in [5.74, 6) is -0.591. The molecule has 1 aromatic heterocycles. The number of benzene rings is 2. The Morgan fingerprint density at radius 2 is 1.52 bits per heavy atom. The number of carbonyl (C=O) groups excluding carboxylic acids is 2. The predicted octanol–water partition coefficient (Wildman–Crippen LogP) is 4.29. The van der Waals surface area contributed by atoms with Crippen LogP contribution in [-0.2, 0) is 14.3 Å². The van der Waals surface area contributed by atoms with Crippen molar-refractivity contribution in [1.82, 2.24) is 10.3 Å². The van der Waals surface area contributed by atoms with Crippen molar-refractivity contribution >= 4 is 11.9 Å². The molecule has 1 amide bonds. The van der Waals surface area contributed by atoms with Crippen LogP contribution >= 0.6 is 0 Å². The molecular formula is C24H24N2O3. The first-order valence-corrected chi connectivity index (χ1v) is 9.51. The van der Waals surface area contributed by atoms with E-state index in [0.717, 1.165) is 22.3 Å². The second kappa shape index (κ2) is 9.64. The number of pyridine rings is 1. The second-order valence-electron chi connectivity index (χ2n) is 6.93. The van der Waals surface area contributed by atoms with Crippen molar-refractivity contribution in [3.8, 4) is 0 Å². The largest absolute Gasteiger partial charge is 0.452 e. The summed E-state index contributed by atoms with van der Waals surface area (Å²) in [5, 5.41) is 2.85. The molecule has 3 rings (SSSR count). The predicted molar refractivity (Wildman–Crippen MR) is 111 cm³/mol. The number of esters is 1. The normalized spacial score (nSPS) is 12.6. The Bertz CT molecular complexity index is 901.